The fourth-order valence-electron chi connectivity index (χ4n) is 1.45. The molecule has 2 unspecified atom stereocenters. The third kappa shape index (κ3) is 5.52. The van der Waals surface area contributed by atoms with Crippen molar-refractivity contribution in [2.24, 2.45) is 0 Å². The van der Waals surface area contributed by atoms with Gasteiger partial charge < -0.3 is 0 Å². The highest BCUT2D eigenvalue weighted by Gasteiger charge is 2.76. The Kier molecular flexibility index (Phi) is 8.25. The molecule has 0 radical (unpaired) electrons. The van der Waals surface area contributed by atoms with E-state index in [1.54, 1.807) is 0 Å². The molecule has 1 nitrogen and oxygen atoms in total. The zero-order valence-electron chi connectivity index (χ0n) is 14.7. The Labute approximate surface area is 174 Å². The van der Waals surface area contributed by atoms with Crippen LogP contribution in [0.5, 0.6) is 0 Å². The summed E-state index contributed by atoms with van der Waals surface area (Å²) in [6.07, 6.45) is -31.0. The fraction of sp³-hybridized carbons (Fsp3) is 0.667. The molecule has 0 aromatic heterocycles. The van der Waals surface area contributed by atoms with Gasteiger partial charge in [-0.3, -0.25) is 4.74 Å². The van der Waals surface area contributed by atoms with Crippen molar-refractivity contribution < 1.29 is 101 Å². The lowest BCUT2D eigenvalue weighted by molar-refractivity contribution is -0.419. The van der Waals surface area contributed by atoms with E-state index in [2.05, 4.69) is 0 Å². The molecular formula is C12F22O. The van der Waals surface area contributed by atoms with E-state index in [1.165, 1.54) is 4.74 Å². The summed E-state index contributed by atoms with van der Waals surface area (Å²) in [7, 11) is 0. The molecule has 0 saturated carbocycles. The number of allylic oxidation sites excluding steroid dienone is 2. The smallest absolute Gasteiger partial charge is 0.282 e. The molecule has 208 valence electrons. The second kappa shape index (κ2) is 8.78. The van der Waals surface area contributed by atoms with Crippen LogP contribution in [0.25, 0.3) is 0 Å². The van der Waals surface area contributed by atoms with Gasteiger partial charge in [0.25, 0.3) is 0 Å². The van der Waals surface area contributed by atoms with E-state index in [9.17, 15) is 96.6 Å². The molecule has 0 bridgehead atoms. The third-order valence-corrected chi connectivity index (χ3v) is 3.22. The van der Waals surface area contributed by atoms with E-state index < -0.39 is 71.6 Å². The molecule has 2 atom stereocenters. The summed E-state index contributed by atoms with van der Waals surface area (Å²) in [6, 6.07) is 0. The summed E-state index contributed by atoms with van der Waals surface area (Å²) in [5.74, 6) is -52.9. The molecule has 0 aromatic rings. The van der Waals surface area contributed by atoms with Crippen molar-refractivity contribution in [1.29, 1.82) is 0 Å². The van der Waals surface area contributed by atoms with Crippen LogP contribution < -0.4 is 0 Å². The zero-order valence-corrected chi connectivity index (χ0v) is 14.7. The topological polar surface area (TPSA) is 9.23 Å². The summed E-state index contributed by atoms with van der Waals surface area (Å²) in [4.78, 5) is 0. The van der Waals surface area contributed by atoms with Gasteiger partial charge in [0.05, 0.1) is 0 Å². The number of halogens is 22. The summed E-state index contributed by atoms with van der Waals surface area (Å²) in [5, 5.41) is 0. The van der Waals surface area contributed by atoms with Crippen molar-refractivity contribution in [2.75, 3.05) is 0 Å². The molecule has 0 aliphatic rings. The average Bonchev–Trinajstić information content (AvgIpc) is 2.61. The van der Waals surface area contributed by atoms with Crippen LogP contribution in [0.2, 0.25) is 0 Å². The van der Waals surface area contributed by atoms with Crippen LogP contribution in [-0.2, 0) is 4.74 Å². The van der Waals surface area contributed by atoms with Crippen molar-refractivity contribution in [2.45, 2.75) is 48.3 Å². The predicted molar refractivity (Wildman–Crippen MR) is 61.4 cm³/mol. The maximum Gasteiger partial charge on any atom is 0.460 e. The van der Waals surface area contributed by atoms with Crippen LogP contribution in [0.3, 0.4) is 0 Å². The molecule has 35 heavy (non-hydrogen) atoms. The normalized spacial score (nSPS) is 20.1. The van der Waals surface area contributed by atoms with Crippen molar-refractivity contribution in [1.82, 2.24) is 0 Å². The molecular weight excluding hydrogens is 578 g/mol. The minimum atomic E-state index is -8.01. The van der Waals surface area contributed by atoms with Gasteiger partial charge in [0.1, 0.15) is 0 Å². The minimum absolute atomic E-state index is 1.41. The predicted octanol–water partition coefficient (Wildman–Crippen LogP) is 8.16. The molecule has 23 heteroatoms. The van der Waals surface area contributed by atoms with Gasteiger partial charge >= 0.3 is 48.3 Å². The second-order valence-corrected chi connectivity index (χ2v) is 5.69. The van der Waals surface area contributed by atoms with Gasteiger partial charge in [0.15, 0.2) is 0 Å². The Morgan fingerprint density at radius 3 is 0.657 bits per heavy atom. The van der Waals surface area contributed by atoms with E-state index in [1.807, 2.05) is 0 Å². The van der Waals surface area contributed by atoms with Gasteiger partial charge in [-0.2, -0.15) is 79.0 Å². The summed E-state index contributed by atoms with van der Waals surface area (Å²) in [5.41, 5.74) is 0. The van der Waals surface area contributed by atoms with Gasteiger partial charge in [0, 0.05) is 0 Å². The molecule has 0 amide bonds. The first kappa shape index (κ1) is 32.9. The maximum atomic E-state index is 13.9. The number of rotatable bonds is 6. The van der Waals surface area contributed by atoms with Crippen molar-refractivity contribution in [3.05, 3.63) is 23.3 Å². The molecule has 0 saturated heterocycles. The third-order valence-electron chi connectivity index (χ3n) is 3.22. The lowest BCUT2D eigenvalue weighted by Crippen LogP contribution is -2.57. The standard InChI is InChI=1S/C12F22O/c13-1(5(17,18)9(23,24)25)3(15)7(21,11(29,30)31)35-8(22,12(32,33)34)4(16)2(14)6(19,20)10(26,27)28. The molecule has 0 aliphatic carbocycles. The quantitative estimate of drug-likeness (QED) is 0.289. The van der Waals surface area contributed by atoms with Crippen LogP contribution in [0.15, 0.2) is 23.3 Å². The molecule has 0 rings (SSSR count). The Bertz CT molecular complexity index is 780. The van der Waals surface area contributed by atoms with E-state index in [4.69, 9.17) is 0 Å². The van der Waals surface area contributed by atoms with Crippen molar-refractivity contribution >= 4 is 0 Å². The van der Waals surface area contributed by atoms with Crippen molar-refractivity contribution in [3.8, 4) is 0 Å². The highest BCUT2D eigenvalue weighted by atomic mass is 19.4. The van der Waals surface area contributed by atoms with Crippen LogP contribution in [-0.4, -0.2) is 48.3 Å². The van der Waals surface area contributed by atoms with Gasteiger partial charge in [-0.05, 0) is 0 Å². The van der Waals surface area contributed by atoms with Gasteiger partial charge in [-0.15, -0.1) is 0 Å². The van der Waals surface area contributed by atoms with E-state index in [0.717, 1.165) is 0 Å². The highest BCUT2D eigenvalue weighted by molar-refractivity contribution is 5.24. The largest absolute Gasteiger partial charge is 0.460 e. The Morgan fingerprint density at radius 2 is 0.514 bits per heavy atom. The van der Waals surface area contributed by atoms with Gasteiger partial charge in [-0.25, -0.2) is 17.6 Å². The van der Waals surface area contributed by atoms with Gasteiger partial charge in [0.2, 0.25) is 23.3 Å². The molecule has 0 spiro atoms. The van der Waals surface area contributed by atoms with E-state index >= 15 is 0 Å². The van der Waals surface area contributed by atoms with Crippen LogP contribution >= 0.6 is 0 Å². The van der Waals surface area contributed by atoms with Crippen LogP contribution in [0, 0.1) is 0 Å². The Balaban J connectivity index is 7.45. The SMILES string of the molecule is FC(=C(F)C(F)(OC(F)(C(F)=C(F)C(F)(F)C(F)(F)F)C(F)(F)F)C(F)(F)F)C(F)(F)C(F)(F)F. The number of ether oxygens (including phenoxy) is 1. The average molecular weight is 578 g/mol. The van der Waals surface area contributed by atoms with Gasteiger partial charge in [-0.1, -0.05) is 0 Å². The molecule has 0 N–H and O–H groups in total. The molecule has 0 fully saturated rings. The summed E-state index contributed by atoms with van der Waals surface area (Å²) >= 11 is 0. The molecule has 0 heterocycles. The maximum absolute atomic E-state index is 13.9. The first-order valence-electron chi connectivity index (χ1n) is 7.07. The Morgan fingerprint density at radius 1 is 0.314 bits per heavy atom. The second-order valence-electron chi connectivity index (χ2n) is 5.69. The first-order valence-corrected chi connectivity index (χ1v) is 7.07. The van der Waals surface area contributed by atoms with Crippen LogP contribution in [0.1, 0.15) is 0 Å². The molecule has 0 aliphatic heterocycles. The Hall–Kier alpha value is -2.10. The number of hydrogen-bond acceptors (Lipinski definition) is 1. The number of alkyl halides is 18. The number of hydrogen-bond donors (Lipinski definition) is 0. The highest BCUT2D eigenvalue weighted by Crippen LogP contribution is 2.56. The van der Waals surface area contributed by atoms with Crippen LogP contribution in [0.4, 0.5) is 96.6 Å². The summed E-state index contributed by atoms with van der Waals surface area (Å²) < 4.78 is 280. The lowest BCUT2D eigenvalue weighted by atomic mass is 10.1. The van der Waals surface area contributed by atoms with E-state index in [-0.39, 0.29) is 0 Å². The zero-order chi connectivity index (χ0) is 29.0. The molecule has 0 aromatic carbocycles. The monoisotopic (exact) mass is 578 g/mol. The fourth-order valence-corrected chi connectivity index (χ4v) is 1.45. The minimum Gasteiger partial charge on any atom is -0.282 e. The van der Waals surface area contributed by atoms with E-state index in [0.29, 0.717) is 0 Å². The van der Waals surface area contributed by atoms with Crippen molar-refractivity contribution in [3.63, 3.8) is 0 Å². The lowest BCUT2D eigenvalue weighted by Gasteiger charge is -2.35. The first-order chi connectivity index (χ1) is 14.8. The summed E-state index contributed by atoms with van der Waals surface area (Å²) in [6.45, 7) is 0.